The number of aryl methyl sites for hydroxylation is 1. The monoisotopic (exact) mass is 464 g/mol. The first-order valence-electron chi connectivity index (χ1n) is 10.7. The van der Waals surface area contributed by atoms with E-state index < -0.39 is 47.5 Å². The number of amides is 2. The second-order valence-corrected chi connectivity index (χ2v) is 8.85. The Balaban J connectivity index is 1.72. The van der Waals surface area contributed by atoms with E-state index in [0.29, 0.717) is 11.3 Å². The third kappa shape index (κ3) is 5.19. The van der Waals surface area contributed by atoms with Gasteiger partial charge in [0.25, 0.3) is 0 Å². The fourth-order valence-corrected chi connectivity index (χ4v) is 4.13. The highest BCUT2D eigenvalue weighted by atomic mass is 19.1. The lowest BCUT2D eigenvalue weighted by Gasteiger charge is -2.32. The number of halogens is 2. The Hall–Kier alpha value is -2.92. The number of aliphatic hydroxyl groups excluding tert-OH is 1. The molecule has 0 spiro atoms. The van der Waals surface area contributed by atoms with E-state index >= 15 is 0 Å². The number of hydrogen-bond donors (Lipinski definition) is 3. The number of rotatable bonds is 7. The summed E-state index contributed by atoms with van der Waals surface area (Å²) in [5, 5.41) is 19.5. The molecule has 11 heteroatoms. The Labute approximate surface area is 191 Å². The molecule has 1 fully saturated rings. The van der Waals surface area contributed by atoms with Crippen molar-refractivity contribution in [1.82, 2.24) is 30.3 Å². The third-order valence-electron chi connectivity index (χ3n) is 5.87. The Morgan fingerprint density at radius 3 is 2.52 bits per heavy atom. The van der Waals surface area contributed by atoms with Crippen LogP contribution in [0.2, 0.25) is 0 Å². The predicted molar refractivity (Wildman–Crippen MR) is 117 cm³/mol. The van der Waals surface area contributed by atoms with Gasteiger partial charge in [-0.05, 0) is 39.4 Å². The first kappa shape index (κ1) is 24.7. The van der Waals surface area contributed by atoms with Crippen molar-refractivity contribution in [2.75, 3.05) is 13.6 Å². The van der Waals surface area contributed by atoms with Crippen molar-refractivity contribution >= 4 is 11.8 Å². The van der Waals surface area contributed by atoms with Gasteiger partial charge in [-0.1, -0.05) is 6.07 Å². The molecule has 1 aliphatic rings. The molecule has 1 saturated heterocycles. The zero-order valence-electron chi connectivity index (χ0n) is 19.3. The molecule has 2 aromatic rings. The van der Waals surface area contributed by atoms with Crippen LogP contribution in [0.15, 0.2) is 24.5 Å². The van der Waals surface area contributed by atoms with Crippen LogP contribution in [0.3, 0.4) is 0 Å². The second kappa shape index (κ2) is 9.52. The smallest absolute Gasteiger partial charge is 0.243 e. The molecule has 1 aliphatic heterocycles. The van der Waals surface area contributed by atoms with Crippen molar-refractivity contribution in [2.24, 2.45) is 7.05 Å². The summed E-state index contributed by atoms with van der Waals surface area (Å²) in [5.74, 6) is -1.53. The van der Waals surface area contributed by atoms with E-state index in [2.05, 4.69) is 20.7 Å². The highest BCUT2D eigenvalue weighted by Crippen LogP contribution is 2.25. The van der Waals surface area contributed by atoms with Crippen molar-refractivity contribution in [3.8, 4) is 11.4 Å². The molecule has 2 amide bonds. The van der Waals surface area contributed by atoms with Crippen molar-refractivity contribution in [3.05, 3.63) is 35.9 Å². The molecule has 2 aromatic heterocycles. The molecule has 9 nitrogen and oxygen atoms in total. The van der Waals surface area contributed by atoms with Gasteiger partial charge in [-0.15, -0.1) is 0 Å². The van der Waals surface area contributed by atoms with Crippen LogP contribution >= 0.6 is 0 Å². The van der Waals surface area contributed by atoms with E-state index in [9.17, 15) is 23.5 Å². The minimum Gasteiger partial charge on any atom is -0.391 e. The standard InChI is InChI=1S/C22H30F2N6O3/c1-12(13-6-7-16(26-9-13)18-15(23)10-27-29(18)5)28-20(32)17-8-14(31)11-30(17)21(33)19(25-4)22(2,3)24/h6-7,9-10,12,14,17,19,25,31H,8,11H2,1-5H3,(H,28,32)/t12-,14+,17-,19?/m0/s1. The molecular formula is C22H30F2N6O3. The van der Waals surface area contributed by atoms with E-state index in [4.69, 9.17) is 0 Å². The number of nitrogens with one attached hydrogen (secondary N) is 2. The van der Waals surface area contributed by atoms with Crippen LogP contribution < -0.4 is 10.6 Å². The van der Waals surface area contributed by atoms with Gasteiger partial charge < -0.3 is 20.6 Å². The first-order valence-corrected chi connectivity index (χ1v) is 10.7. The first-order chi connectivity index (χ1) is 15.4. The van der Waals surface area contributed by atoms with Crippen molar-refractivity contribution in [3.63, 3.8) is 0 Å². The zero-order valence-corrected chi connectivity index (χ0v) is 19.3. The summed E-state index contributed by atoms with van der Waals surface area (Å²) in [6, 6.07) is 0.800. The summed E-state index contributed by atoms with van der Waals surface area (Å²) < 4.78 is 29.8. The molecule has 0 radical (unpaired) electrons. The normalized spacial score (nSPS) is 20.5. The van der Waals surface area contributed by atoms with Crippen LogP contribution in [0.4, 0.5) is 8.78 Å². The summed E-state index contributed by atoms with van der Waals surface area (Å²) >= 11 is 0. The van der Waals surface area contributed by atoms with Gasteiger partial charge in [-0.2, -0.15) is 5.10 Å². The van der Waals surface area contributed by atoms with Gasteiger partial charge >= 0.3 is 0 Å². The summed E-state index contributed by atoms with van der Waals surface area (Å²) in [6.45, 7) is 4.26. The number of likely N-dealkylation sites (tertiary alicyclic amines) is 1. The molecule has 3 N–H and O–H groups in total. The summed E-state index contributed by atoms with van der Waals surface area (Å²) in [6.07, 6.45) is 1.82. The Bertz CT molecular complexity index is 985. The molecule has 4 atom stereocenters. The highest BCUT2D eigenvalue weighted by molar-refractivity contribution is 5.91. The van der Waals surface area contributed by atoms with Crippen LogP contribution in [0.1, 0.15) is 38.8 Å². The highest BCUT2D eigenvalue weighted by Gasteiger charge is 2.45. The van der Waals surface area contributed by atoms with Crippen LogP contribution in [-0.2, 0) is 16.6 Å². The molecule has 0 aliphatic carbocycles. The second-order valence-electron chi connectivity index (χ2n) is 8.85. The average Bonchev–Trinajstić information content (AvgIpc) is 3.29. The number of nitrogens with zero attached hydrogens (tertiary/aromatic N) is 4. The maximum Gasteiger partial charge on any atom is 0.243 e. The molecule has 3 rings (SSSR count). The summed E-state index contributed by atoms with van der Waals surface area (Å²) in [7, 11) is 3.09. The van der Waals surface area contributed by atoms with E-state index in [1.807, 2.05) is 0 Å². The number of carbonyl (C=O) groups excluding carboxylic acids is 2. The molecule has 0 saturated carbocycles. The Morgan fingerprint density at radius 1 is 1.30 bits per heavy atom. The van der Waals surface area contributed by atoms with E-state index in [0.717, 1.165) is 6.20 Å². The van der Waals surface area contributed by atoms with E-state index in [-0.39, 0.29) is 18.7 Å². The summed E-state index contributed by atoms with van der Waals surface area (Å²) in [4.78, 5) is 31.4. The topological polar surface area (TPSA) is 112 Å². The SMILES string of the molecule is CNC(C(=O)N1C[C@H](O)C[C@H]1C(=O)N[C@@H](C)c1ccc(-c2c(F)cnn2C)nc1)C(C)(C)F. The summed E-state index contributed by atoms with van der Waals surface area (Å²) in [5.41, 5.74) is -0.530. The van der Waals surface area contributed by atoms with Crippen LogP contribution in [0, 0.1) is 5.82 Å². The quantitative estimate of drug-likeness (QED) is 0.566. The number of aromatic nitrogens is 3. The van der Waals surface area contributed by atoms with Gasteiger partial charge in [0.15, 0.2) is 5.82 Å². The number of pyridine rings is 1. The van der Waals surface area contributed by atoms with Gasteiger partial charge in [0, 0.05) is 26.2 Å². The number of aliphatic hydroxyl groups is 1. The number of alkyl halides is 1. The lowest BCUT2D eigenvalue weighted by molar-refractivity contribution is -0.142. The lowest BCUT2D eigenvalue weighted by Crippen LogP contribution is -2.57. The molecule has 1 unspecified atom stereocenters. The molecule has 33 heavy (non-hydrogen) atoms. The van der Waals surface area contributed by atoms with Crippen LogP contribution in [0.5, 0.6) is 0 Å². The molecule has 180 valence electrons. The lowest BCUT2D eigenvalue weighted by atomic mass is 9.99. The Morgan fingerprint density at radius 2 is 2.00 bits per heavy atom. The largest absolute Gasteiger partial charge is 0.391 e. The average molecular weight is 465 g/mol. The molecule has 3 heterocycles. The van der Waals surface area contributed by atoms with Gasteiger partial charge in [-0.3, -0.25) is 19.3 Å². The molecule has 0 bridgehead atoms. The van der Waals surface area contributed by atoms with Crippen LogP contribution in [-0.4, -0.2) is 74.0 Å². The van der Waals surface area contributed by atoms with Gasteiger partial charge in [-0.25, -0.2) is 8.78 Å². The van der Waals surface area contributed by atoms with Crippen molar-refractivity contribution in [2.45, 2.75) is 57.1 Å². The number of carbonyl (C=O) groups is 2. The maximum atomic E-state index is 14.5. The number of hydrogen-bond acceptors (Lipinski definition) is 6. The van der Waals surface area contributed by atoms with Crippen LogP contribution in [0.25, 0.3) is 11.4 Å². The number of β-amino-alcohol motifs (C(OH)–C–C–N with tert-alkyl or cyclic N) is 1. The van der Waals surface area contributed by atoms with E-state index in [1.165, 1.54) is 36.7 Å². The van der Waals surface area contributed by atoms with Crippen molar-refractivity contribution in [1.29, 1.82) is 0 Å². The van der Waals surface area contributed by atoms with E-state index in [1.54, 1.807) is 26.1 Å². The predicted octanol–water partition coefficient (Wildman–Crippen LogP) is 1.10. The number of likely N-dealkylation sites (N-methyl/N-ethyl adjacent to an activating group) is 1. The maximum absolute atomic E-state index is 14.5. The van der Waals surface area contributed by atoms with Gasteiger partial charge in [0.2, 0.25) is 11.8 Å². The van der Waals surface area contributed by atoms with Crippen molar-refractivity contribution < 1.29 is 23.5 Å². The minimum atomic E-state index is -1.85. The molecule has 0 aromatic carbocycles. The minimum absolute atomic E-state index is 0.0495. The molecular weight excluding hydrogens is 434 g/mol. The zero-order chi connectivity index (χ0) is 24.5. The van der Waals surface area contributed by atoms with Gasteiger partial charge in [0.1, 0.15) is 23.4 Å². The fourth-order valence-electron chi connectivity index (χ4n) is 4.13. The van der Waals surface area contributed by atoms with Gasteiger partial charge in [0.05, 0.1) is 24.0 Å². The fraction of sp³-hybridized carbons (Fsp3) is 0.545. The third-order valence-corrected chi connectivity index (χ3v) is 5.87. The Kier molecular flexibility index (Phi) is 7.13.